The van der Waals surface area contributed by atoms with Gasteiger partial charge in [-0.2, -0.15) is 0 Å². The van der Waals surface area contributed by atoms with Gasteiger partial charge in [0.05, 0.1) is 6.42 Å². The summed E-state index contributed by atoms with van der Waals surface area (Å²) >= 11 is 0. The predicted molar refractivity (Wildman–Crippen MR) is 78.5 cm³/mol. The Bertz CT molecular complexity index is 665. The van der Waals surface area contributed by atoms with E-state index in [-0.39, 0.29) is 11.9 Å². The monoisotopic (exact) mass is 267 g/mol. The van der Waals surface area contributed by atoms with Crippen LogP contribution in [0.15, 0.2) is 30.3 Å². The van der Waals surface area contributed by atoms with E-state index < -0.39 is 0 Å². The minimum absolute atomic E-state index is 0.109. The number of fused-ring (bicyclic) bond motifs is 1. The van der Waals surface area contributed by atoms with E-state index in [9.17, 15) is 4.79 Å². The van der Waals surface area contributed by atoms with Gasteiger partial charge in [-0.05, 0) is 20.8 Å². The van der Waals surface area contributed by atoms with Gasteiger partial charge in [0.2, 0.25) is 5.91 Å². The lowest BCUT2D eigenvalue weighted by molar-refractivity contribution is -0.117. The van der Waals surface area contributed by atoms with E-state index >= 15 is 0 Å². The summed E-state index contributed by atoms with van der Waals surface area (Å²) in [4.78, 5) is 23.1. The second-order valence-corrected chi connectivity index (χ2v) is 5.34. The van der Waals surface area contributed by atoms with Crippen LogP contribution in [0.5, 0.6) is 0 Å². The van der Waals surface area contributed by atoms with Crippen molar-refractivity contribution in [2.24, 2.45) is 0 Å². The van der Waals surface area contributed by atoms with E-state index in [0.29, 0.717) is 12.2 Å². The zero-order chi connectivity index (χ0) is 14.3. The van der Waals surface area contributed by atoms with Crippen molar-refractivity contribution in [1.29, 1.82) is 0 Å². The fraction of sp³-hybridized carbons (Fsp3) is 0.312. The first-order valence-corrected chi connectivity index (χ1v) is 6.83. The number of carbonyl (C=O) groups excluding carboxylic acids is 1. The van der Waals surface area contributed by atoms with E-state index in [1.807, 2.05) is 51.1 Å². The van der Waals surface area contributed by atoms with Crippen molar-refractivity contribution in [3.8, 4) is 11.4 Å². The highest BCUT2D eigenvalue weighted by Gasteiger charge is 2.33. The molecule has 0 bridgehead atoms. The van der Waals surface area contributed by atoms with Crippen LogP contribution in [-0.2, 0) is 11.2 Å². The zero-order valence-corrected chi connectivity index (χ0v) is 11.9. The van der Waals surface area contributed by atoms with Crippen molar-refractivity contribution in [1.82, 2.24) is 9.97 Å². The smallest absolute Gasteiger partial charge is 0.233 e. The van der Waals surface area contributed by atoms with Gasteiger partial charge >= 0.3 is 0 Å². The van der Waals surface area contributed by atoms with Crippen molar-refractivity contribution in [3.05, 3.63) is 41.6 Å². The Hall–Kier alpha value is -2.23. The Kier molecular flexibility index (Phi) is 3.01. The summed E-state index contributed by atoms with van der Waals surface area (Å²) in [5, 5.41) is 0. The molecule has 1 amide bonds. The molecule has 102 valence electrons. The van der Waals surface area contributed by atoms with E-state index in [4.69, 9.17) is 0 Å². The number of hydrogen-bond donors (Lipinski definition) is 0. The lowest BCUT2D eigenvalue weighted by Gasteiger charge is -2.21. The average molecular weight is 267 g/mol. The van der Waals surface area contributed by atoms with Crippen LogP contribution < -0.4 is 4.90 Å². The lowest BCUT2D eigenvalue weighted by atomic mass is 10.1. The standard InChI is InChI=1S/C16H17N3O/c1-10(2)19-14(20)9-13-11(3)17-15(18-16(13)19)12-7-5-4-6-8-12/h4-8,10H,9H2,1-3H3. The molecular weight excluding hydrogens is 250 g/mol. The third-order valence-corrected chi connectivity index (χ3v) is 3.57. The Labute approximate surface area is 118 Å². The van der Waals surface area contributed by atoms with Crippen LogP contribution in [0.2, 0.25) is 0 Å². The molecule has 0 fully saturated rings. The summed E-state index contributed by atoms with van der Waals surface area (Å²) in [5.41, 5.74) is 2.83. The number of aryl methyl sites for hydroxylation is 1. The average Bonchev–Trinajstić information content (AvgIpc) is 2.76. The van der Waals surface area contributed by atoms with Crippen LogP contribution in [0.1, 0.15) is 25.1 Å². The molecular formula is C16H17N3O. The number of aromatic nitrogens is 2. The Morgan fingerprint density at radius 2 is 1.85 bits per heavy atom. The van der Waals surface area contributed by atoms with Crippen LogP contribution in [-0.4, -0.2) is 21.9 Å². The Balaban J connectivity index is 2.15. The fourth-order valence-electron chi connectivity index (χ4n) is 2.59. The maximum absolute atomic E-state index is 12.1. The highest BCUT2D eigenvalue weighted by Crippen LogP contribution is 2.32. The number of hydrogen-bond acceptors (Lipinski definition) is 3. The minimum atomic E-state index is 0.109. The predicted octanol–water partition coefficient (Wildman–Crippen LogP) is 2.75. The zero-order valence-electron chi connectivity index (χ0n) is 11.9. The van der Waals surface area contributed by atoms with Crippen molar-refractivity contribution < 1.29 is 4.79 Å². The molecule has 2 aromatic rings. The molecule has 4 heteroatoms. The van der Waals surface area contributed by atoms with E-state index in [0.717, 1.165) is 22.6 Å². The van der Waals surface area contributed by atoms with Gasteiger partial charge in [0.1, 0.15) is 5.82 Å². The molecule has 0 saturated carbocycles. The first kappa shape index (κ1) is 12.8. The summed E-state index contributed by atoms with van der Waals surface area (Å²) in [6, 6.07) is 9.98. The first-order valence-electron chi connectivity index (χ1n) is 6.83. The molecule has 1 aliphatic heterocycles. The quantitative estimate of drug-likeness (QED) is 0.840. The highest BCUT2D eigenvalue weighted by molar-refractivity contribution is 6.01. The van der Waals surface area contributed by atoms with Gasteiger partial charge in [-0.25, -0.2) is 9.97 Å². The second-order valence-electron chi connectivity index (χ2n) is 5.34. The summed E-state index contributed by atoms with van der Waals surface area (Å²) in [6.45, 7) is 5.96. The number of benzene rings is 1. The van der Waals surface area contributed by atoms with Gasteiger partial charge in [0.15, 0.2) is 5.82 Å². The summed E-state index contributed by atoms with van der Waals surface area (Å²) in [6.07, 6.45) is 0.411. The van der Waals surface area contributed by atoms with E-state index in [1.165, 1.54) is 0 Å². The van der Waals surface area contributed by atoms with Crippen LogP contribution in [0.3, 0.4) is 0 Å². The third-order valence-electron chi connectivity index (χ3n) is 3.57. The lowest BCUT2D eigenvalue weighted by Crippen LogP contribution is -2.34. The molecule has 1 aliphatic rings. The summed E-state index contributed by atoms with van der Waals surface area (Å²) in [7, 11) is 0. The van der Waals surface area contributed by atoms with Gasteiger partial charge in [-0.1, -0.05) is 30.3 Å². The molecule has 1 aromatic carbocycles. The van der Waals surface area contributed by atoms with Gasteiger partial charge in [0.25, 0.3) is 0 Å². The van der Waals surface area contributed by atoms with Crippen LogP contribution in [0.25, 0.3) is 11.4 Å². The Morgan fingerprint density at radius 3 is 2.50 bits per heavy atom. The first-order chi connectivity index (χ1) is 9.58. The molecule has 0 unspecified atom stereocenters. The second kappa shape index (κ2) is 4.71. The van der Waals surface area contributed by atoms with Gasteiger partial charge in [0, 0.05) is 22.9 Å². The number of carbonyl (C=O) groups is 1. The molecule has 3 rings (SSSR count). The molecule has 0 radical (unpaired) electrons. The molecule has 0 atom stereocenters. The van der Waals surface area contributed by atoms with Gasteiger partial charge < -0.3 is 0 Å². The molecule has 0 aliphatic carbocycles. The summed E-state index contributed by atoms with van der Waals surface area (Å²) in [5.74, 6) is 1.57. The van der Waals surface area contributed by atoms with E-state index in [1.54, 1.807) is 4.90 Å². The molecule has 0 saturated heterocycles. The fourth-order valence-corrected chi connectivity index (χ4v) is 2.59. The number of nitrogens with zero attached hydrogens (tertiary/aromatic N) is 3. The number of rotatable bonds is 2. The normalized spacial score (nSPS) is 14.0. The molecule has 20 heavy (non-hydrogen) atoms. The molecule has 4 nitrogen and oxygen atoms in total. The maximum Gasteiger partial charge on any atom is 0.233 e. The molecule has 1 aromatic heterocycles. The third kappa shape index (κ3) is 1.97. The molecule has 0 spiro atoms. The van der Waals surface area contributed by atoms with Crippen LogP contribution >= 0.6 is 0 Å². The van der Waals surface area contributed by atoms with Crippen molar-refractivity contribution >= 4 is 11.7 Å². The van der Waals surface area contributed by atoms with Crippen molar-refractivity contribution in [2.75, 3.05) is 4.90 Å². The van der Waals surface area contributed by atoms with Gasteiger partial charge in [-0.15, -0.1) is 0 Å². The van der Waals surface area contributed by atoms with Crippen LogP contribution in [0.4, 0.5) is 5.82 Å². The van der Waals surface area contributed by atoms with Crippen molar-refractivity contribution in [3.63, 3.8) is 0 Å². The van der Waals surface area contributed by atoms with Crippen LogP contribution in [0, 0.1) is 6.92 Å². The maximum atomic E-state index is 12.1. The number of amides is 1. The van der Waals surface area contributed by atoms with Crippen molar-refractivity contribution in [2.45, 2.75) is 33.2 Å². The topological polar surface area (TPSA) is 46.1 Å². The number of anilines is 1. The Morgan fingerprint density at radius 1 is 1.15 bits per heavy atom. The summed E-state index contributed by atoms with van der Waals surface area (Å²) < 4.78 is 0. The SMILES string of the molecule is Cc1nc(-c2ccccc2)nc2c1CC(=O)N2C(C)C. The van der Waals surface area contributed by atoms with Gasteiger partial charge in [-0.3, -0.25) is 9.69 Å². The highest BCUT2D eigenvalue weighted by atomic mass is 16.2. The molecule has 2 heterocycles. The minimum Gasteiger partial charge on any atom is -0.294 e. The van der Waals surface area contributed by atoms with E-state index in [2.05, 4.69) is 9.97 Å². The molecule has 0 N–H and O–H groups in total. The largest absolute Gasteiger partial charge is 0.294 e.